The number of rotatable bonds is 14. The van der Waals surface area contributed by atoms with Crippen LogP contribution in [0.4, 0.5) is 0 Å². The van der Waals surface area contributed by atoms with Crippen molar-refractivity contribution in [1.82, 2.24) is 10.9 Å². The Kier molecular flexibility index (Phi) is 9.88. The fraction of sp³-hybridized carbons (Fsp3) is 0.516. The molecular formula is C31H41N3O7. The molecule has 1 aliphatic heterocycles. The number of carbonyl (C=O) groups excluding carboxylic acids is 2. The van der Waals surface area contributed by atoms with Gasteiger partial charge in [-0.3, -0.25) is 15.0 Å². The first-order valence-corrected chi connectivity index (χ1v) is 14.1. The molecule has 2 aromatic rings. The van der Waals surface area contributed by atoms with Crippen LogP contribution >= 0.6 is 0 Å². The summed E-state index contributed by atoms with van der Waals surface area (Å²) in [6.07, 6.45) is 1.98. The molecule has 0 aromatic heterocycles. The van der Waals surface area contributed by atoms with Crippen LogP contribution in [-0.4, -0.2) is 60.9 Å². The van der Waals surface area contributed by atoms with Crippen LogP contribution in [-0.2, 0) is 19.1 Å². The average molecular weight is 568 g/mol. The highest BCUT2D eigenvalue weighted by atomic mass is 16.6. The van der Waals surface area contributed by atoms with Gasteiger partial charge in [0.1, 0.15) is 17.1 Å². The molecule has 0 unspecified atom stereocenters. The molecule has 1 heterocycles. The monoisotopic (exact) mass is 567 g/mol. The third-order valence-corrected chi connectivity index (χ3v) is 6.85. The summed E-state index contributed by atoms with van der Waals surface area (Å²) in [5, 5.41) is 9.01. The van der Waals surface area contributed by atoms with Gasteiger partial charge in [-0.05, 0) is 87.9 Å². The van der Waals surface area contributed by atoms with Crippen molar-refractivity contribution < 1.29 is 33.6 Å². The molecule has 2 aromatic carbocycles. The smallest absolute Gasteiger partial charge is 0.306 e. The van der Waals surface area contributed by atoms with E-state index < -0.39 is 29.1 Å². The zero-order valence-corrected chi connectivity index (χ0v) is 24.3. The van der Waals surface area contributed by atoms with Crippen molar-refractivity contribution in [1.29, 1.82) is 0 Å². The third kappa shape index (κ3) is 8.20. The van der Waals surface area contributed by atoms with Gasteiger partial charge in [0, 0.05) is 31.6 Å². The number of esters is 1. The summed E-state index contributed by atoms with van der Waals surface area (Å²) in [7, 11) is 1.57. The highest BCUT2D eigenvalue weighted by Gasteiger charge is 2.53. The Bertz CT molecular complexity index is 1220. The normalized spacial score (nSPS) is 20.1. The Morgan fingerprint density at radius 1 is 1.12 bits per heavy atom. The first-order chi connectivity index (χ1) is 19.6. The lowest BCUT2D eigenvalue weighted by Crippen LogP contribution is -2.53. The summed E-state index contributed by atoms with van der Waals surface area (Å²) in [6, 6.07) is 14.5. The van der Waals surface area contributed by atoms with Crippen molar-refractivity contribution in [2.45, 2.75) is 70.1 Å². The van der Waals surface area contributed by atoms with Crippen molar-refractivity contribution in [2.24, 2.45) is 10.9 Å². The summed E-state index contributed by atoms with van der Waals surface area (Å²) < 4.78 is 23.1. The van der Waals surface area contributed by atoms with Crippen LogP contribution in [0.1, 0.15) is 70.1 Å². The Hall–Kier alpha value is -3.63. The van der Waals surface area contributed by atoms with Gasteiger partial charge < -0.3 is 24.1 Å². The molecule has 10 heteroatoms. The number of aliphatic imine (C=N–C) groups is 1. The molecule has 2 atom stereocenters. The van der Waals surface area contributed by atoms with Crippen molar-refractivity contribution in [3.8, 4) is 11.5 Å². The second-order valence-electron chi connectivity index (χ2n) is 11.4. The van der Waals surface area contributed by atoms with Gasteiger partial charge in [-0.2, -0.15) is 0 Å². The van der Waals surface area contributed by atoms with E-state index in [1.54, 1.807) is 40.0 Å². The summed E-state index contributed by atoms with van der Waals surface area (Å²) in [5.74, 6) is 1.25. The first-order valence-electron chi connectivity index (χ1n) is 14.1. The zero-order chi connectivity index (χ0) is 29.5. The lowest BCUT2D eigenvalue weighted by atomic mass is 9.83. The number of ether oxygens (including phenoxy) is 4. The number of amides is 1. The molecule has 0 spiro atoms. The van der Waals surface area contributed by atoms with Gasteiger partial charge in [0.05, 0.1) is 13.7 Å². The zero-order valence-electron chi connectivity index (χ0n) is 24.3. The van der Waals surface area contributed by atoms with Gasteiger partial charge in [-0.25, -0.2) is 10.4 Å². The van der Waals surface area contributed by atoms with Crippen molar-refractivity contribution >= 4 is 17.8 Å². The predicted octanol–water partition coefficient (Wildman–Crippen LogP) is 3.87. The van der Waals surface area contributed by atoms with Crippen molar-refractivity contribution in [3.05, 3.63) is 59.7 Å². The van der Waals surface area contributed by atoms with Crippen LogP contribution in [0.15, 0.2) is 53.5 Å². The topological polar surface area (TPSA) is 128 Å². The summed E-state index contributed by atoms with van der Waals surface area (Å²) in [4.78, 5) is 31.7. The van der Waals surface area contributed by atoms with Crippen LogP contribution in [0.3, 0.4) is 0 Å². The number of methoxy groups -OCH3 is 1. The summed E-state index contributed by atoms with van der Waals surface area (Å²) >= 11 is 0. The predicted molar refractivity (Wildman–Crippen MR) is 154 cm³/mol. The molecule has 1 fully saturated rings. The van der Waals surface area contributed by atoms with E-state index in [1.165, 1.54) is 0 Å². The number of aliphatic hydroxyl groups excluding tert-OH is 1. The molecule has 4 rings (SSSR count). The number of aliphatic hydroxyl groups is 1. The molecular weight excluding hydrogens is 526 g/mol. The minimum atomic E-state index is -1.47. The van der Waals surface area contributed by atoms with E-state index in [9.17, 15) is 9.59 Å². The van der Waals surface area contributed by atoms with Crippen LogP contribution in [0.25, 0.3) is 0 Å². The number of benzene rings is 2. The third-order valence-electron chi connectivity index (χ3n) is 6.85. The number of carbonyl (C=O) groups is 2. The molecule has 1 aliphatic carbocycles. The Labute approximate surface area is 241 Å². The summed E-state index contributed by atoms with van der Waals surface area (Å²) in [5.41, 5.74) is 5.12. The van der Waals surface area contributed by atoms with Gasteiger partial charge in [-0.15, -0.1) is 0 Å². The number of nitrogens with one attached hydrogen (secondary N) is 2. The maximum atomic E-state index is 14.0. The van der Waals surface area contributed by atoms with Crippen LogP contribution < -0.4 is 20.3 Å². The largest absolute Gasteiger partial charge is 0.497 e. The highest BCUT2D eigenvalue weighted by molar-refractivity contribution is 6.01. The molecule has 0 bridgehead atoms. The van der Waals surface area contributed by atoms with Crippen LogP contribution in [0, 0.1) is 5.92 Å². The lowest BCUT2D eigenvalue weighted by Gasteiger charge is -2.31. The molecule has 3 N–H and O–H groups in total. The van der Waals surface area contributed by atoms with E-state index >= 15 is 0 Å². The molecule has 0 radical (unpaired) electrons. The quantitative estimate of drug-likeness (QED) is 0.178. The molecule has 1 saturated carbocycles. The SMILES string of the molecule is COc1cccc([C@@H]2OC(c3ccc(OCCCO)cc3)=N[C@]2(CCC(=O)OC(C)(C)C)C(=O)NNCC2CC2)c1. The number of nitrogens with zero attached hydrogens (tertiary/aromatic N) is 1. The number of hydrogen-bond acceptors (Lipinski definition) is 9. The first kappa shape index (κ1) is 30.3. The Balaban J connectivity index is 1.68. The van der Waals surface area contributed by atoms with E-state index in [4.69, 9.17) is 29.0 Å². The standard InChI is InChI=1S/C31H41N3O7/c1-30(2,3)41-26(36)15-16-31(29(37)34-32-20-21-9-10-21)27(23-7-5-8-25(19-23)38-4)40-28(33-31)22-11-13-24(14-12-22)39-18-6-17-35/h5,7-8,11-14,19,21,27,32,35H,6,9-10,15-18,20H2,1-4H3,(H,34,37)/t27-,31-/m0/s1. The second-order valence-corrected chi connectivity index (χ2v) is 11.4. The number of hydrazine groups is 1. The molecule has 222 valence electrons. The highest BCUT2D eigenvalue weighted by Crippen LogP contribution is 2.44. The lowest BCUT2D eigenvalue weighted by molar-refractivity contribution is -0.155. The van der Waals surface area contributed by atoms with Gasteiger partial charge in [0.15, 0.2) is 11.6 Å². The van der Waals surface area contributed by atoms with E-state index in [2.05, 4.69) is 10.9 Å². The molecule has 41 heavy (non-hydrogen) atoms. The molecule has 2 aliphatic rings. The second kappa shape index (κ2) is 13.4. The van der Waals surface area contributed by atoms with Crippen molar-refractivity contribution in [3.63, 3.8) is 0 Å². The van der Waals surface area contributed by atoms with E-state index in [0.29, 0.717) is 48.1 Å². The number of hydrogen-bond donors (Lipinski definition) is 3. The summed E-state index contributed by atoms with van der Waals surface area (Å²) in [6.45, 7) is 6.53. The Morgan fingerprint density at radius 3 is 2.54 bits per heavy atom. The van der Waals surface area contributed by atoms with Gasteiger partial charge in [-0.1, -0.05) is 12.1 Å². The maximum absolute atomic E-state index is 14.0. The average Bonchev–Trinajstić information content (AvgIpc) is 3.69. The minimum absolute atomic E-state index is 0.0362. The van der Waals surface area contributed by atoms with E-state index in [-0.39, 0.29) is 25.3 Å². The van der Waals surface area contributed by atoms with Gasteiger partial charge in [0.2, 0.25) is 5.90 Å². The molecule has 10 nitrogen and oxygen atoms in total. The van der Waals surface area contributed by atoms with E-state index in [1.807, 2.05) is 36.4 Å². The molecule has 1 amide bonds. The van der Waals surface area contributed by atoms with Crippen LogP contribution in [0.5, 0.6) is 11.5 Å². The minimum Gasteiger partial charge on any atom is -0.497 e. The van der Waals surface area contributed by atoms with Crippen molar-refractivity contribution in [2.75, 3.05) is 26.9 Å². The fourth-order valence-electron chi connectivity index (χ4n) is 4.57. The van der Waals surface area contributed by atoms with Crippen LogP contribution in [0.2, 0.25) is 0 Å². The van der Waals surface area contributed by atoms with Gasteiger partial charge >= 0.3 is 5.97 Å². The van der Waals surface area contributed by atoms with Gasteiger partial charge in [0.25, 0.3) is 5.91 Å². The Morgan fingerprint density at radius 2 is 1.88 bits per heavy atom. The van der Waals surface area contributed by atoms with E-state index in [0.717, 1.165) is 12.8 Å². The maximum Gasteiger partial charge on any atom is 0.306 e. The molecule has 0 saturated heterocycles. The fourth-order valence-corrected chi connectivity index (χ4v) is 4.57.